The van der Waals surface area contributed by atoms with Crippen LogP contribution < -0.4 is 0 Å². The van der Waals surface area contributed by atoms with Gasteiger partial charge in [-0.05, 0) is 12.0 Å². The minimum atomic E-state index is -1.21. The van der Waals surface area contributed by atoms with Crippen LogP contribution in [0.5, 0.6) is 0 Å². The summed E-state index contributed by atoms with van der Waals surface area (Å²) in [6.07, 6.45) is 3.71. The number of carbonyl (C=O) groups excluding carboxylic acids is 1. The van der Waals surface area contributed by atoms with Crippen molar-refractivity contribution in [3.63, 3.8) is 0 Å². The molecule has 0 radical (unpaired) electrons. The van der Waals surface area contributed by atoms with Crippen molar-refractivity contribution in [3.05, 3.63) is 47.2 Å². The predicted molar refractivity (Wildman–Crippen MR) is 84.1 cm³/mol. The van der Waals surface area contributed by atoms with Crippen molar-refractivity contribution in [2.75, 3.05) is 13.2 Å². The number of carbonyl (C=O) groups is 1. The molecule has 0 spiro atoms. The Morgan fingerprint density at radius 2 is 2.05 bits per heavy atom. The van der Waals surface area contributed by atoms with Gasteiger partial charge in [0.1, 0.15) is 11.4 Å². The zero-order valence-electron chi connectivity index (χ0n) is 13.3. The van der Waals surface area contributed by atoms with Gasteiger partial charge in [-0.25, -0.2) is 0 Å². The van der Waals surface area contributed by atoms with Gasteiger partial charge in [-0.1, -0.05) is 50.1 Å². The number of hydrogen-bond acceptors (Lipinski definition) is 4. The summed E-state index contributed by atoms with van der Waals surface area (Å²) >= 11 is 0. The Morgan fingerprint density at radius 3 is 2.68 bits per heavy atom. The van der Waals surface area contributed by atoms with Crippen LogP contribution in [0, 0.1) is 0 Å². The molecule has 22 heavy (non-hydrogen) atoms. The zero-order valence-corrected chi connectivity index (χ0v) is 13.3. The Bertz CT molecular complexity index is 535. The van der Waals surface area contributed by atoms with E-state index in [9.17, 15) is 9.90 Å². The van der Waals surface area contributed by atoms with E-state index in [2.05, 4.69) is 6.92 Å². The van der Waals surface area contributed by atoms with Gasteiger partial charge in [-0.3, -0.25) is 4.79 Å². The SMILES string of the molecule is CCCCC/C(OC(C)=O)=C1/COCC1(O)c1ccccc1. The van der Waals surface area contributed by atoms with Crippen molar-refractivity contribution in [2.45, 2.75) is 45.1 Å². The summed E-state index contributed by atoms with van der Waals surface area (Å²) in [5.41, 5.74) is 0.228. The summed E-state index contributed by atoms with van der Waals surface area (Å²) in [5.74, 6) is 0.200. The Balaban J connectivity index is 2.35. The third-order valence-electron chi connectivity index (χ3n) is 3.92. The molecule has 4 heteroatoms. The van der Waals surface area contributed by atoms with E-state index in [-0.39, 0.29) is 12.6 Å². The van der Waals surface area contributed by atoms with E-state index < -0.39 is 5.60 Å². The van der Waals surface area contributed by atoms with Crippen molar-refractivity contribution in [2.24, 2.45) is 0 Å². The molecule has 0 aliphatic carbocycles. The minimum absolute atomic E-state index is 0.185. The molecule has 0 aromatic heterocycles. The number of hydrogen-bond donors (Lipinski definition) is 1. The minimum Gasteiger partial charge on any atom is -0.431 e. The topological polar surface area (TPSA) is 55.8 Å². The molecule has 2 rings (SSSR count). The summed E-state index contributed by atoms with van der Waals surface area (Å²) in [6.45, 7) is 3.99. The van der Waals surface area contributed by atoms with Crippen molar-refractivity contribution < 1.29 is 19.4 Å². The fraction of sp³-hybridized carbons (Fsp3) is 0.500. The second-order valence-electron chi connectivity index (χ2n) is 5.67. The first-order valence-corrected chi connectivity index (χ1v) is 7.84. The smallest absolute Gasteiger partial charge is 0.307 e. The third kappa shape index (κ3) is 3.76. The summed E-state index contributed by atoms with van der Waals surface area (Å²) < 4.78 is 10.9. The van der Waals surface area contributed by atoms with Crippen LogP contribution in [0.15, 0.2) is 41.7 Å². The normalized spacial score (nSPS) is 23.4. The lowest BCUT2D eigenvalue weighted by atomic mass is 9.87. The lowest BCUT2D eigenvalue weighted by molar-refractivity contribution is -0.137. The molecule has 4 nitrogen and oxygen atoms in total. The molecule has 1 aromatic rings. The van der Waals surface area contributed by atoms with Crippen LogP contribution in [0.2, 0.25) is 0 Å². The van der Waals surface area contributed by atoms with Crippen molar-refractivity contribution in [3.8, 4) is 0 Å². The first kappa shape index (κ1) is 16.7. The van der Waals surface area contributed by atoms with Crippen molar-refractivity contribution >= 4 is 5.97 Å². The van der Waals surface area contributed by atoms with Crippen LogP contribution in [-0.2, 0) is 19.9 Å². The fourth-order valence-electron chi connectivity index (χ4n) is 2.76. The maximum Gasteiger partial charge on any atom is 0.307 e. The lowest BCUT2D eigenvalue weighted by Crippen LogP contribution is -2.29. The highest BCUT2D eigenvalue weighted by Gasteiger charge is 2.41. The van der Waals surface area contributed by atoms with Crippen LogP contribution in [0.3, 0.4) is 0 Å². The van der Waals surface area contributed by atoms with Crippen LogP contribution in [-0.4, -0.2) is 24.3 Å². The summed E-state index contributed by atoms with van der Waals surface area (Å²) in [4.78, 5) is 11.4. The fourth-order valence-corrected chi connectivity index (χ4v) is 2.76. The van der Waals surface area contributed by atoms with Gasteiger partial charge in [0.15, 0.2) is 0 Å². The predicted octanol–water partition coefficient (Wildman–Crippen LogP) is 3.30. The molecule has 0 amide bonds. The molecule has 1 heterocycles. The molecule has 1 aliphatic rings. The average Bonchev–Trinajstić information content (AvgIpc) is 2.90. The van der Waals surface area contributed by atoms with Crippen LogP contribution in [0.25, 0.3) is 0 Å². The van der Waals surface area contributed by atoms with Crippen LogP contribution >= 0.6 is 0 Å². The van der Waals surface area contributed by atoms with E-state index in [0.717, 1.165) is 24.8 Å². The maximum atomic E-state index is 11.4. The molecule has 0 saturated carbocycles. The summed E-state index contributed by atoms with van der Waals surface area (Å²) in [5, 5.41) is 11.1. The number of allylic oxidation sites excluding steroid dienone is 1. The van der Waals surface area contributed by atoms with E-state index in [4.69, 9.17) is 9.47 Å². The number of rotatable bonds is 6. The number of unbranched alkanes of at least 4 members (excludes halogenated alkanes) is 2. The first-order chi connectivity index (χ1) is 10.6. The highest BCUT2D eigenvalue weighted by atomic mass is 16.5. The van der Waals surface area contributed by atoms with E-state index >= 15 is 0 Å². The number of benzene rings is 1. The van der Waals surface area contributed by atoms with Gasteiger partial charge in [0.2, 0.25) is 0 Å². The monoisotopic (exact) mass is 304 g/mol. The average molecular weight is 304 g/mol. The van der Waals surface area contributed by atoms with E-state index in [1.807, 2.05) is 30.3 Å². The third-order valence-corrected chi connectivity index (χ3v) is 3.92. The Labute approximate surface area is 131 Å². The van der Waals surface area contributed by atoms with Gasteiger partial charge in [-0.2, -0.15) is 0 Å². The molecule has 1 saturated heterocycles. The standard InChI is InChI=1S/C18H24O4/c1-3-4-6-11-17(22-14(2)19)16-12-21-13-18(16,20)15-9-7-5-8-10-15/h5,7-10,20H,3-4,6,11-13H2,1-2H3/b17-16+. The number of aliphatic hydroxyl groups is 1. The first-order valence-electron chi connectivity index (χ1n) is 7.84. The molecular weight excluding hydrogens is 280 g/mol. The Hall–Kier alpha value is -1.65. The molecule has 1 fully saturated rings. The molecule has 1 unspecified atom stereocenters. The van der Waals surface area contributed by atoms with Gasteiger partial charge < -0.3 is 14.6 Å². The van der Waals surface area contributed by atoms with Crippen LogP contribution in [0.1, 0.15) is 45.1 Å². The second kappa shape index (κ2) is 7.56. The molecule has 0 bridgehead atoms. The largest absolute Gasteiger partial charge is 0.431 e. The highest BCUT2D eigenvalue weighted by molar-refractivity contribution is 5.67. The molecule has 1 aliphatic heterocycles. The zero-order chi connectivity index (χ0) is 16.0. The van der Waals surface area contributed by atoms with Gasteiger partial charge in [-0.15, -0.1) is 0 Å². The molecular formula is C18H24O4. The van der Waals surface area contributed by atoms with Crippen molar-refractivity contribution in [1.82, 2.24) is 0 Å². The molecule has 120 valence electrons. The summed E-state index contributed by atoms with van der Waals surface area (Å²) in [7, 11) is 0. The number of ether oxygens (including phenoxy) is 2. The van der Waals surface area contributed by atoms with Gasteiger partial charge in [0.25, 0.3) is 0 Å². The molecule has 1 aromatic carbocycles. The Morgan fingerprint density at radius 1 is 1.32 bits per heavy atom. The molecule has 1 N–H and O–H groups in total. The van der Waals surface area contributed by atoms with Crippen LogP contribution in [0.4, 0.5) is 0 Å². The quantitative estimate of drug-likeness (QED) is 0.498. The number of esters is 1. The van der Waals surface area contributed by atoms with Gasteiger partial charge in [0, 0.05) is 18.9 Å². The van der Waals surface area contributed by atoms with E-state index in [1.165, 1.54) is 6.92 Å². The Kier molecular flexibility index (Phi) is 5.75. The second-order valence-corrected chi connectivity index (χ2v) is 5.67. The maximum absolute atomic E-state index is 11.4. The lowest BCUT2D eigenvalue weighted by Gasteiger charge is -2.25. The van der Waals surface area contributed by atoms with E-state index in [1.54, 1.807) is 0 Å². The molecule has 1 atom stereocenters. The van der Waals surface area contributed by atoms with E-state index in [0.29, 0.717) is 24.4 Å². The van der Waals surface area contributed by atoms with Gasteiger partial charge >= 0.3 is 5.97 Å². The van der Waals surface area contributed by atoms with Crippen molar-refractivity contribution in [1.29, 1.82) is 0 Å². The highest BCUT2D eigenvalue weighted by Crippen LogP contribution is 2.38. The van der Waals surface area contributed by atoms with Gasteiger partial charge in [0.05, 0.1) is 13.2 Å². The summed E-state index contributed by atoms with van der Waals surface area (Å²) in [6, 6.07) is 9.40.